The lowest BCUT2D eigenvalue weighted by Crippen LogP contribution is -1.97. The van der Waals surface area contributed by atoms with Gasteiger partial charge >= 0.3 is 0 Å². The van der Waals surface area contributed by atoms with Crippen molar-refractivity contribution in [3.05, 3.63) is 70.8 Å². The summed E-state index contributed by atoms with van der Waals surface area (Å²) in [6, 6.07) is 12.1. The summed E-state index contributed by atoms with van der Waals surface area (Å²) in [7, 11) is 0. The zero-order chi connectivity index (χ0) is 12.5. The molecule has 2 nitrogen and oxygen atoms in total. The first-order valence-corrected chi connectivity index (χ1v) is 6.28. The molecule has 3 heteroatoms. The van der Waals surface area contributed by atoms with E-state index in [-0.39, 0.29) is 0 Å². The molecule has 3 aromatic rings. The maximum absolute atomic E-state index is 6.19. The van der Waals surface area contributed by atoms with Crippen molar-refractivity contribution in [1.82, 2.24) is 9.38 Å². The van der Waals surface area contributed by atoms with Gasteiger partial charge in [0.15, 0.2) is 0 Å². The van der Waals surface area contributed by atoms with Gasteiger partial charge in [-0.3, -0.25) is 0 Å². The number of fused-ring (bicyclic) bond motifs is 1. The number of hydrogen-bond donors (Lipinski definition) is 0. The highest BCUT2D eigenvalue weighted by molar-refractivity contribution is 6.31. The maximum Gasteiger partial charge on any atom is 0.117 e. The summed E-state index contributed by atoms with van der Waals surface area (Å²) in [4.78, 5) is 4.48. The highest BCUT2D eigenvalue weighted by Crippen LogP contribution is 2.19. The van der Waals surface area contributed by atoms with Crippen LogP contribution in [-0.4, -0.2) is 9.38 Å². The van der Waals surface area contributed by atoms with Crippen LogP contribution in [0.3, 0.4) is 0 Å². The third kappa shape index (κ3) is 2.00. The number of imidazole rings is 1. The Morgan fingerprint density at radius 3 is 2.83 bits per heavy atom. The van der Waals surface area contributed by atoms with Crippen LogP contribution in [0.4, 0.5) is 0 Å². The molecule has 0 saturated heterocycles. The van der Waals surface area contributed by atoms with E-state index in [0.29, 0.717) is 0 Å². The lowest BCUT2D eigenvalue weighted by Gasteiger charge is -2.04. The van der Waals surface area contributed by atoms with Crippen LogP contribution in [0.1, 0.15) is 17.0 Å². The number of pyridine rings is 1. The molecule has 0 N–H and O–H groups in total. The highest BCUT2D eigenvalue weighted by Gasteiger charge is 2.06. The molecular weight excluding hydrogens is 244 g/mol. The van der Waals surface area contributed by atoms with Crippen molar-refractivity contribution in [2.45, 2.75) is 13.3 Å². The van der Waals surface area contributed by atoms with E-state index >= 15 is 0 Å². The van der Waals surface area contributed by atoms with Gasteiger partial charge in [0.2, 0.25) is 0 Å². The number of halogens is 1. The Labute approximate surface area is 111 Å². The van der Waals surface area contributed by atoms with Gasteiger partial charge in [-0.25, -0.2) is 4.98 Å². The monoisotopic (exact) mass is 256 g/mol. The SMILES string of the molecule is Cc1ccc2cnc(Cc3ccccc3Cl)n2c1. The van der Waals surface area contributed by atoms with Crippen molar-refractivity contribution >= 4 is 17.1 Å². The van der Waals surface area contributed by atoms with Crippen molar-refractivity contribution in [2.24, 2.45) is 0 Å². The second kappa shape index (κ2) is 4.46. The maximum atomic E-state index is 6.19. The van der Waals surface area contributed by atoms with Gasteiger partial charge in [0.25, 0.3) is 0 Å². The lowest BCUT2D eigenvalue weighted by molar-refractivity contribution is 0.956. The van der Waals surface area contributed by atoms with Gasteiger partial charge in [-0.2, -0.15) is 0 Å². The first-order chi connectivity index (χ1) is 8.74. The number of aromatic nitrogens is 2. The third-order valence-electron chi connectivity index (χ3n) is 3.06. The van der Waals surface area contributed by atoms with E-state index in [2.05, 4.69) is 34.6 Å². The smallest absolute Gasteiger partial charge is 0.117 e. The van der Waals surface area contributed by atoms with Crippen LogP contribution < -0.4 is 0 Å². The molecule has 2 aromatic heterocycles. The molecule has 0 aliphatic rings. The molecule has 0 spiro atoms. The van der Waals surface area contributed by atoms with E-state index in [9.17, 15) is 0 Å². The van der Waals surface area contributed by atoms with Gasteiger partial charge in [-0.05, 0) is 30.2 Å². The average Bonchev–Trinajstić information content (AvgIpc) is 2.75. The first-order valence-electron chi connectivity index (χ1n) is 5.90. The van der Waals surface area contributed by atoms with Gasteiger partial charge in [-0.15, -0.1) is 0 Å². The average molecular weight is 257 g/mol. The van der Waals surface area contributed by atoms with Crippen LogP contribution in [0.5, 0.6) is 0 Å². The Kier molecular flexibility index (Phi) is 2.80. The van der Waals surface area contributed by atoms with E-state index in [1.165, 1.54) is 5.56 Å². The largest absolute Gasteiger partial charge is 0.303 e. The molecule has 0 radical (unpaired) electrons. The minimum absolute atomic E-state index is 0.747. The van der Waals surface area contributed by atoms with Crippen LogP contribution in [0.25, 0.3) is 5.52 Å². The van der Waals surface area contributed by atoms with Gasteiger partial charge in [0.1, 0.15) is 5.82 Å². The summed E-state index contributed by atoms with van der Waals surface area (Å²) in [5.74, 6) is 1.02. The predicted molar refractivity (Wildman–Crippen MR) is 74.2 cm³/mol. The van der Waals surface area contributed by atoms with E-state index < -0.39 is 0 Å². The van der Waals surface area contributed by atoms with Crippen LogP contribution in [0.15, 0.2) is 48.8 Å². The molecule has 1 aromatic carbocycles. The lowest BCUT2D eigenvalue weighted by atomic mass is 10.1. The van der Waals surface area contributed by atoms with Gasteiger partial charge in [0.05, 0.1) is 11.7 Å². The van der Waals surface area contributed by atoms with Crippen LogP contribution in [-0.2, 0) is 6.42 Å². The molecule has 0 fully saturated rings. The molecule has 0 saturated carbocycles. The molecule has 0 aliphatic heterocycles. The van der Waals surface area contributed by atoms with E-state index in [1.807, 2.05) is 30.5 Å². The second-order valence-electron chi connectivity index (χ2n) is 4.44. The van der Waals surface area contributed by atoms with Crippen LogP contribution >= 0.6 is 11.6 Å². The topological polar surface area (TPSA) is 17.3 Å². The molecule has 0 atom stereocenters. The van der Waals surface area contributed by atoms with Crippen molar-refractivity contribution in [1.29, 1.82) is 0 Å². The predicted octanol–water partition coefficient (Wildman–Crippen LogP) is 3.89. The highest BCUT2D eigenvalue weighted by atomic mass is 35.5. The van der Waals surface area contributed by atoms with Crippen LogP contribution in [0, 0.1) is 6.92 Å². The summed E-state index contributed by atoms with van der Waals surface area (Å²) in [6.45, 7) is 2.08. The molecule has 0 amide bonds. The molecule has 0 bridgehead atoms. The van der Waals surface area contributed by atoms with Crippen molar-refractivity contribution in [2.75, 3.05) is 0 Å². The van der Waals surface area contributed by atoms with Crippen molar-refractivity contribution in [3.8, 4) is 0 Å². The Balaban J connectivity index is 2.05. The number of nitrogens with zero attached hydrogens (tertiary/aromatic N) is 2. The number of benzene rings is 1. The Hall–Kier alpha value is -1.80. The minimum Gasteiger partial charge on any atom is -0.303 e. The van der Waals surface area contributed by atoms with E-state index in [4.69, 9.17) is 11.6 Å². The normalized spacial score (nSPS) is 11.0. The van der Waals surface area contributed by atoms with E-state index in [0.717, 1.165) is 28.3 Å². The van der Waals surface area contributed by atoms with E-state index in [1.54, 1.807) is 0 Å². The fourth-order valence-corrected chi connectivity index (χ4v) is 2.30. The Morgan fingerprint density at radius 1 is 1.17 bits per heavy atom. The Bertz CT molecular complexity index is 701. The fraction of sp³-hybridized carbons (Fsp3) is 0.133. The molecule has 0 aliphatic carbocycles. The molecule has 2 heterocycles. The fourth-order valence-electron chi connectivity index (χ4n) is 2.09. The molecule has 90 valence electrons. The molecule has 18 heavy (non-hydrogen) atoms. The molecule has 0 unspecified atom stereocenters. The molecular formula is C15H13ClN2. The third-order valence-corrected chi connectivity index (χ3v) is 3.43. The minimum atomic E-state index is 0.747. The summed E-state index contributed by atoms with van der Waals surface area (Å²) in [5.41, 5.74) is 3.44. The van der Waals surface area contributed by atoms with Crippen molar-refractivity contribution < 1.29 is 0 Å². The van der Waals surface area contributed by atoms with Gasteiger partial charge in [-0.1, -0.05) is 35.9 Å². The summed E-state index contributed by atoms with van der Waals surface area (Å²) in [6.07, 6.45) is 4.75. The number of hydrogen-bond acceptors (Lipinski definition) is 1. The standard InChI is InChI=1S/C15H13ClN2/c1-11-6-7-13-9-17-15(18(13)10-11)8-12-4-2-3-5-14(12)16/h2-7,9-10H,8H2,1H3. The first kappa shape index (κ1) is 11.3. The van der Waals surface area contributed by atoms with Crippen molar-refractivity contribution in [3.63, 3.8) is 0 Å². The summed E-state index contributed by atoms with van der Waals surface area (Å²) < 4.78 is 2.12. The summed E-state index contributed by atoms with van der Waals surface area (Å²) in [5, 5.41) is 0.793. The second-order valence-corrected chi connectivity index (χ2v) is 4.85. The molecule has 3 rings (SSSR count). The van der Waals surface area contributed by atoms with Gasteiger partial charge in [0, 0.05) is 17.6 Å². The zero-order valence-electron chi connectivity index (χ0n) is 10.1. The number of rotatable bonds is 2. The zero-order valence-corrected chi connectivity index (χ0v) is 10.9. The quantitative estimate of drug-likeness (QED) is 0.680. The van der Waals surface area contributed by atoms with Crippen LogP contribution in [0.2, 0.25) is 5.02 Å². The van der Waals surface area contributed by atoms with Gasteiger partial charge < -0.3 is 4.40 Å². The number of aryl methyl sites for hydroxylation is 1. The Morgan fingerprint density at radius 2 is 2.00 bits per heavy atom. The summed E-state index contributed by atoms with van der Waals surface area (Å²) >= 11 is 6.19.